The zero-order chi connectivity index (χ0) is 20.2. The van der Waals surface area contributed by atoms with Crippen LogP contribution >= 0.6 is 0 Å². The van der Waals surface area contributed by atoms with Crippen LogP contribution in [0.15, 0.2) is 18.2 Å². The van der Waals surface area contributed by atoms with Gasteiger partial charge in [-0.1, -0.05) is 31.5 Å². The zero-order valence-electron chi connectivity index (χ0n) is 16.7. The second kappa shape index (κ2) is 6.67. The van der Waals surface area contributed by atoms with Gasteiger partial charge in [0.2, 0.25) is 17.7 Å². The summed E-state index contributed by atoms with van der Waals surface area (Å²) < 4.78 is 5.08. The molecule has 1 aromatic carbocycles. The van der Waals surface area contributed by atoms with Crippen molar-refractivity contribution in [3.63, 3.8) is 0 Å². The van der Waals surface area contributed by atoms with Gasteiger partial charge in [0.1, 0.15) is 5.54 Å². The molecule has 4 unspecified atom stereocenters. The van der Waals surface area contributed by atoms with Gasteiger partial charge in [0.25, 0.3) is 0 Å². The van der Waals surface area contributed by atoms with E-state index in [1.165, 1.54) is 4.90 Å². The molecule has 7 heteroatoms. The first-order chi connectivity index (χ1) is 13.3. The Hall–Kier alpha value is -2.25. The highest BCUT2D eigenvalue weighted by molar-refractivity contribution is 6.15. The van der Waals surface area contributed by atoms with E-state index < -0.39 is 17.4 Å². The van der Waals surface area contributed by atoms with Crippen molar-refractivity contribution < 1.29 is 19.1 Å². The first-order valence-corrected chi connectivity index (χ1v) is 9.85. The number of aryl methyl sites for hydroxylation is 1. The van der Waals surface area contributed by atoms with Gasteiger partial charge in [0.05, 0.1) is 25.0 Å². The van der Waals surface area contributed by atoms with Crippen molar-refractivity contribution >= 4 is 23.4 Å². The Labute approximate surface area is 164 Å². The molecule has 0 radical (unpaired) electrons. The molecule has 1 spiro atoms. The van der Waals surface area contributed by atoms with Crippen molar-refractivity contribution in [1.29, 1.82) is 0 Å². The maximum Gasteiger partial charge on any atom is 0.250 e. The van der Waals surface area contributed by atoms with E-state index in [4.69, 9.17) is 4.74 Å². The van der Waals surface area contributed by atoms with E-state index in [2.05, 4.69) is 24.5 Å². The van der Waals surface area contributed by atoms with Crippen molar-refractivity contribution in [3.05, 3.63) is 29.3 Å². The molecule has 28 heavy (non-hydrogen) atoms. The van der Waals surface area contributed by atoms with E-state index in [1.807, 2.05) is 25.1 Å². The molecule has 0 aliphatic carbocycles. The first kappa shape index (κ1) is 19.1. The van der Waals surface area contributed by atoms with Gasteiger partial charge in [-0.25, -0.2) is 0 Å². The van der Waals surface area contributed by atoms with Crippen LogP contribution in [0.5, 0.6) is 0 Å². The predicted molar refractivity (Wildman–Crippen MR) is 103 cm³/mol. The van der Waals surface area contributed by atoms with Gasteiger partial charge in [0.15, 0.2) is 0 Å². The van der Waals surface area contributed by atoms with E-state index >= 15 is 0 Å². The number of hydrogen-bond acceptors (Lipinski definition) is 5. The number of methoxy groups -OCH3 is 1. The molecule has 0 aromatic heterocycles. The number of nitrogens with one attached hydrogen (secondary N) is 2. The van der Waals surface area contributed by atoms with Crippen molar-refractivity contribution in [2.75, 3.05) is 25.6 Å². The second-order valence-electron chi connectivity index (χ2n) is 8.52. The van der Waals surface area contributed by atoms with Crippen LogP contribution in [0.1, 0.15) is 31.4 Å². The Morgan fingerprint density at radius 2 is 1.96 bits per heavy atom. The van der Waals surface area contributed by atoms with Crippen LogP contribution in [0.3, 0.4) is 0 Å². The lowest BCUT2D eigenvalue weighted by molar-refractivity contribution is -0.143. The molecule has 150 valence electrons. The summed E-state index contributed by atoms with van der Waals surface area (Å²) in [6.07, 6.45) is 0.717. The molecule has 7 nitrogen and oxygen atoms in total. The number of likely N-dealkylation sites (tertiary alicyclic amines) is 1. The normalized spacial score (nSPS) is 31.1. The van der Waals surface area contributed by atoms with Gasteiger partial charge in [-0.2, -0.15) is 0 Å². The van der Waals surface area contributed by atoms with E-state index in [0.717, 1.165) is 11.1 Å². The number of fused-ring (bicyclic) bond motifs is 4. The fraction of sp³-hybridized carbons (Fsp3) is 0.571. The molecule has 3 amide bonds. The van der Waals surface area contributed by atoms with Crippen LogP contribution in [-0.2, 0) is 24.7 Å². The van der Waals surface area contributed by atoms with Crippen molar-refractivity contribution in [2.24, 2.45) is 17.8 Å². The molecule has 1 aromatic rings. The minimum atomic E-state index is -1.19. The smallest absolute Gasteiger partial charge is 0.250 e. The largest absolute Gasteiger partial charge is 0.383 e. The number of imide groups is 1. The number of hydrogen-bond donors (Lipinski definition) is 2. The third kappa shape index (κ3) is 2.53. The van der Waals surface area contributed by atoms with E-state index in [9.17, 15) is 14.4 Å². The van der Waals surface area contributed by atoms with Crippen LogP contribution in [0.2, 0.25) is 0 Å². The SMILES string of the molecule is COCCN1C(=O)C2C(CC(C)C)NC3(C(=O)Nc4ccc(C)cc43)C2C1=O. The average Bonchev–Trinajstić information content (AvgIpc) is 3.19. The number of carbonyl (C=O) groups is 3. The quantitative estimate of drug-likeness (QED) is 0.749. The lowest BCUT2D eigenvalue weighted by atomic mass is 9.76. The Morgan fingerprint density at radius 1 is 1.21 bits per heavy atom. The highest BCUT2D eigenvalue weighted by Crippen LogP contribution is 2.53. The third-order valence-electron chi connectivity index (χ3n) is 6.21. The maximum atomic E-state index is 13.4. The number of ether oxygens (including phenoxy) is 1. The van der Waals surface area contributed by atoms with Gasteiger partial charge in [-0.3, -0.25) is 24.6 Å². The summed E-state index contributed by atoms with van der Waals surface area (Å²) in [5.74, 6) is -1.67. The number of anilines is 1. The third-order valence-corrected chi connectivity index (χ3v) is 6.21. The van der Waals surface area contributed by atoms with Crippen LogP contribution in [-0.4, -0.2) is 48.9 Å². The summed E-state index contributed by atoms with van der Waals surface area (Å²) in [6.45, 7) is 6.63. The number of rotatable bonds is 5. The lowest BCUT2D eigenvalue weighted by Crippen LogP contribution is -2.53. The molecule has 3 aliphatic rings. The molecule has 2 saturated heterocycles. The summed E-state index contributed by atoms with van der Waals surface area (Å²) in [6, 6.07) is 5.52. The Kier molecular flexibility index (Phi) is 4.55. The highest BCUT2D eigenvalue weighted by Gasteiger charge is 2.70. The number of benzene rings is 1. The van der Waals surface area contributed by atoms with Crippen LogP contribution in [0, 0.1) is 24.7 Å². The Bertz CT molecular complexity index is 852. The molecule has 3 aliphatic heterocycles. The van der Waals surface area contributed by atoms with Crippen LogP contribution in [0.25, 0.3) is 0 Å². The average molecular weight is 385 g/mol. The summed E-state index contributed by atoms with van der Waals surface area (Å²) >= 11 is 0. The van der Waals surface area contributed by atoms with Crippen LogP contribution < -0.4 is 10.6 Å². The van der Waals surface area contributed by atoms with Gasteiger partial charge >= 0.3 is 0 Å². The molecule has 4 rings (SSSR count). The molecule has 4 atom stereocenters. The topological polar surface area (TPSA) is 87.7 Å². The summed E-state index contributed by atoms with van der Waals surface area (Å²) in [5, 5.41) is 6.39. The zero-order valence-corrected chi connectivity index (χ0v) is 16.7. The molecule has 2 fully saturated rings. The maximum absolute atomic E-state index is 13.4. The summed E-state index contributed by atoms with van der Waals surface area (Å²) in [5.41, 5.74) is 1.30. The van der Waals surface area contributed by atoms with Crippen molar-refractivity contribution in [2.45, 2.75) is 38.8 Å². The first-order valence-electron chi connectivity index (χ1n) is 9.85. The molecule has 0 bridgehead atoms. The molecule has 3 heterocycles. The molecule has 2 N–H and O–H groups in total. The molecule has 0 saturated carbocycles. The lowest BCUT2D eigenvalue weighted by Gasteiger charge is -2.30. The van der Waals surface area contributed by atoms with E-state index in [1.54, 1.807) is 7.11 Å². The summed E-state index contributed by atoms with van der Waals surface area (Å²) in [4.78, 5) is 41.1. The second-order valence-corrected chi connectivity index (χ2v) is 8.52. The fourth-order valence-corrected chi connectivity index (χ4v) is 5.09. The standard InChI is InChI=1S/C21H27N3O4/c1-11(2)9-15-16-17(19(26)24(18(16)25)7-8-28-4)21(23-15)13-10-12(3)5-6-14(13)22-20(21)27/h5-6,10-11,15-17,23H,7-9H2,1-4H3,(H,22,27). The molecular formula is C21H27N3O4. The number of amides is 3. The minimum absolute atomic E-state index is 0.198. The van der Waals surface area contributed by atoms with Crippen LogP contribution in [0.4, 0.5) is 5.69 Å². The number of carbonyl (C=O) groups excluding carboxylic acids is 3. The number of nitrogens with zero attached hydrogens (tertiary/aromatic N) is 1. The Morgan fingerprint density at radius 3 is 2.64 bits per heavy atom. The fourth-order valence-electron chi connectivity index (χ4n) is 5.09. The van der Waals surface area contributed by atoms with E-state index in [0.29, 0.717) is 18.0 Å². The monoisotopic (exact) mass is 385 g/mol. The highest BCUT2D eigenvalue weighted by atomic mass is 16.5. The van der Waals surface area contributed by atoms with Gasteiger partial charge < -0.3 is 10.1 Å². The van der Waals surface area contributed by atoms with Crippen molar-refractivity contribution in [1.82, 2.24) is 10.2 Å². The molecular weight excluding hydrogens is 358 g/mol. The van der Waals surface area contributed by atoms with E-state index in [-0.39, 0.29) is 36.9 Å². The van der Waals surface area contributed by atoms with Gasteiger partial charge in [-0.05, 0) is 25.3 Å². The Balaban J connectivity index is 1.84. The predicted octanol–water partition coefficient (Wildman–Crippen LogP) is 1.41. The van der Waals surface area contributed by atoms with Gasteiger partial charge in [-0.15, -0.1) is 0 Å². The minimum Gasteiger partial charge on any atom is -0.383 e. The summed E-state index contributed by atoms with van der Waals surface area (Å²) in [7, 11) is 1.54. The van der Waals surface area contributed by atoms with Crippen molar-refractivity contribution in [3.8, 4) is 0 Å². The van der Waals surface area contributed by atoms with Gasteiger partial charge in [0, 0.05) is 24.4 Å².